The standard InChI is InChI=1S/C19H11F3N4OS/c1-9-10-6-7-14(19(20,21)22)26-18(10)28-16(9)15(27)11(8-23)17-24-12-4-2-3-5-13(12)25-17/h2-7,11H,1H3,(H,24,25)/t11-/m1/s1. The Bertz CT molecular complexity index is 1230. The van der Waals surface area contributed by atoms with Gasteiger partial charge in [0, 0.05) is 5.39 Å². The Morgan fingerprint density at radius 2 is 1.96 bits per heavy atom. The van der Waals surface area contributed by atoms with E-state index in [4.69, 9.17) is 0 Å². The quantitative estimate of drug-likeness (QED) is 0.491. The molecule has 0 radical (unpaired) electrons. The Morgan fingerprint density at radius 1 is 1.21 bits per heavy atom. The summed E-state index contributed by atoms with van der Waals surface area (Å²) in [7, 11) is 0. The molecular weight excluding hydrogens is 389 g/mol. The van der Waals surface area contributed by atoms with Crippen LogP contribution in [0.25, 0.3) is 21.3 Å². The van der Waals surface area contributed by atoms with Crippen molar-refractivity contribution in [3.8, 4) is 6.07 Å². The number of aryl methyl sites for hydroxylation is 1. The minimum atomic E-state index is -4.57. The number of aromatic nitrogens is 3. The first-order chi connectivity index (χ1) is 13.3. The van der Waals surface area contributed by atoms with Crippen LogP contribution in [-0.4, -0.2) is 20.7 Å². The van der Waals surface area contributed by atoms with Gasteiger partial charge in [-0.1, -0.05) is 12.1 Å². The van der Waals surface area contributed by atoms with E-state index in [0.29, 0.717) is 22.0 Å². The van der Waals surface area contributed by atoms with E-state index in [1.54, 1.807) is 31.2 Å². The lowest BCUT2D eigenvalue weighted by Gasteiger charge is -2.04. The van der Waals surface area contributed by atoms with E-state index in [0.717, 1.165) is 17.4 Å². The van der Waals surface area contributed by atoms with Crippen molar-refractivity contribution in [2.45, 2.75) is 19.0 Å². The fraction of sp³-hybridized carbons (Fsp3) is 0.158. The molecule has 0 saturated carbocycles. The van der Waals surface area contributed by atoms with E-state index in [-0.39, 0.29) is 15.5 Å². The molecular formula is C19H11F3N4OS. The summed E-state index contributed by atoms with van der Waals surface area (Å²) < 4.78 is 38.7. The Morgan fingerprint density at radius 3 is 2.64 bits per heavy atom. The van der Waals surface area contributed by atoms with Gasteiger partial charge in [0.1, 0.15) is 16.3 Å². The lowest BCUT2D eigenvalue weighted by Crippen LogP contribution is -2.12. The molecule has 1 aromatic carbocycles. The number of pyridine rings is 1. The zero-order valence-electron chi connectivity index (χ0n) is 14.3. The summed E-state index contributed by atoms with van der Waals surface area (Å²) in [4.78, 5) is 24.2. The molecule has 0 fully saturated rings. The number of hydrogen-bond acceptors (Lipinski definition) is 5. The molecule has 3 heterocycles. The number of benzene rings is 1. The van der Waals surface area contributed by atoms with Gasteiger partial charge in [0.25, 0.3) is 0 Å². The molecule has 0 amide bonds. The molecule has 0 spiro atoms. The Hall–Kier alpha value is -3.25. The predicted molar refractivity (Wildman–Crippen MR) is 98.1 cm³/mol. The summed E-state index contributed by atoms with van der Waals surface area (Å²) in [5, 5.41) is 10.0. The first-order valence-corrected chi connectivity index (χ1v) is 8.97. The van der Waals surface area contributed by atoms with Gasteiger partial charge in [-0.25, -0.2) is 9.97 Å². The Kier molecular flexibility index (Phi) is 4.16. The van der Waals surface area contributed by atoms with Crippen molar-refractivity contribution in [1.29, 1.82) is 5.26 Å². The number of thiophene rings is 1. The molecule has 0 saturated heterocycles. The largest absolute Gasteiger partial charge is 0.433 e. The average molecular weight is 400 g/mol. The van der Waals surface area contributed by atoms with E-state index in [2.05, 4.69) is 15.0 Å². The number of ketones is 1. The maximum atomic E-state index is 13.0. The third-order valence-corrected chi connectivity index (χ3v) is 5.61. The second kappa shape index (κ2) is 6.42. The molecule has 0 aliphatic heterocycles. The number of carbonyl (C=O) groups excluding carboxylic acids is 1. The first kappa shape index (κ1) is 18.1. The van der Waals surface area contributed by atoms with Crippen LogP contribution in [0.3, 0.4) is 0 Å². The Balaban J connectivity index is 1.78. The van der Waals surface area contributed by atoms with Gasteiger partial charge < -0.3 is 4.98 Å². The number of H-pyrrole nitrogens is 1. The Labute approximate surface area is 160 Å². The first-order valence-electron chi connectivity index (χ1n) is 8.15. The maximum absolute atomic E-state index is 13.0. The number of rotatable bonds is 3. The number of imidazole rings is 1. The van der Waals surface area contributed by atoms with Gasteiger partial charge in [0.2, 0.25) is 0 Å². The predicted octanol–water partition coefficient (Wildman–Crippen LogP) is 4.99. The number of nitrogens with one attached hydrogen (secondary N) is 1. The molecule has 3 aromatic heterocycles. The van der Waals surface area contributed by atoms with Gasteiger partial charge in [0.05, 0.1) is 22.0 Å². The van der Waals surface area contributed by atoms with Crippen molar-refractivity contribution in [1.82, 2.24) is 15.0 Å². The number of alkyl halides is 3. The molecule has 1 atom stereocenters. The van der Waals surface area contributed by atoms with E-state index in [9.17, 15) is 23.2 Å². The molecule has 4 aromatic rings. The van der Waals surface area contributed by atoms with Gasteiger partial charge in [-0.15, -0.1) is 11.3 Å². The fourth-order valence-electron chi connectivity index (χ4n) is 2.98. The molecule has 28 heavy (non-hydrogen) atoms. The number of hydrogen-bond donors (Lipinski definition) is 1. The SMILES string of the molecule is Cc1c(C(=O)[C@@H](C#N)c2nc3ccccc3[nH]2)sc2nc(C(F)(F)F)ccc12. The number of nitriles is 1. The molecule has 0 aliphatic rings. The van der Waals surface area contributed by atoms with Crippen LogP contribution in [0.15, 0.2) is 36.4 Å². The number of fused-ring (bicyclic) bond motifs is 2. The van der Waals surface area contributed by atoms with Gasteiger partial charge in [-0.2, -0.15) is 18.4 Å². The highest BCUT2D eigenvalue weighted by atomic mass is 32.1. The van der Waals surface area contributed by atoms with Crippen LogP contribution in [0.4, 0.5) is 13.2 Å². The lowest BCUT2D eigenvalue weighted by atomic mass is 10.0. The topological polar surface area (TPSA) is 82.4 Å². The van der Waals surface area contributed by atoms with Gasteiger partial charge in [-0.3, -0.25) is 4.79 Å². The summed E-state index contributed by atoms with van der Waals surface area (Å²) in [5.74, 6) is -1.51. The second-order valence-electron chi connectivity index (χ2n) is 6.17. The van der Waals surface area contributed by atoms with Gasteiger partial charge in [-0.05, 0) is 36.8 Å². The van der Waals surface area contributed by atoms with E-state index < -0.39 is 23.6 Å². The molecule has 4 rings (SSSR count). The van der Waals surface area contributed by atoms with E-state index in [1.807, 2.05) is 6.07 Å². The molecule has 0 unspecified atom stereocenters. The van der Waals surface area contributed by atoms with Crippen LogP contribution in [0.2, 0.25) is 0 Å². The molecule has 1 N–H and O–H groups in total. The summed E-state index contributed by atoms with van der Waals surface area (Å²) in [6.07, 6.45) is -4.57. The van der Waals surface area contributed by atoms with Crippen LogP contribution in [0.1, 0.15) is 32.7 Å². The lowest BCUT2D eigenvalue weighted by molar-refractivity contribution is -0.140. The van der Waals surface area contributed by atoms with Gasteiger partial charge in [0.15, 0.2) is 11.7 Å². The van der Waals surface area contributed by atoms with Crippen LogP contribution < -0.4 is 0 Å². The average Bonchev–Trinajstić information content (AvgIpc) is 3.22. The minimum Gasteiger partial charge on any atom is -0.340 e. The molecule has 9 heteroatoms. The van der Waals surface area contributed by atoms with Crippen molar-refractivity contribution >= 4 is 38.4 Å². The van der Waals surface area contributed by atoms with Crippen LogP contribution in [-0.2, 0) is 6.18 Å². The number of nitrogens with zero attached hydrogens (tertiary/aromatic N) is 3. The minimum absolute atomic E-state index is 0.108. The van der Waals surface area contributed by atoms with E-state index >= 15 is 0 Å². The summed E-state index contributed by atoms with van der Waals surface area (Å²) in [6, 6.07) is 11.3. The monoisotopic (exact) mass is 400 g/mol. The van der Waals surface area contributed by atoms with Crippen molar-refractivity contribution in [2.24, 2.45) is 0 Å². The number of carbonyl (C=O) groups is 1. The summed E-state index contributed by atoms with van der Waals surface area (Å²) in [5.41, 5.74) is 0.794. The highest BCUT2D eigenvalue weighted by Gasteiger charge is 2.34. The molecule has 140 valence electrons. The number of aromatic amines is 1. The molecule has 0 bridgehead atoms. The maximum Gasteiger partial charge on any atom is 0.433 e. The number of Topliss-reactive ketones (excluding diaryl/α,β-unsaturated/α-hetero) is 1. The van der Waals surface area contributed by atoms with Crippen molar-refractivity contribution in [2.75, 3.05) is 0 Å². The van der Waals surface area contributed by atoms with Crippen LogP contribution in [0.5, 0.6) is 0 Å². The van der Waals surface area contributed by atoms with E-state index in [1.165, 1.54) is 6.07 Å². The normalized spacial score (nSPS) is 13.0. The third-order valence-electron chi connectivity index (χ3n) is 4.39. The van der Waals surface area contributed by atoms with Crippen molar-refractivity contribution in [3.05, 3.63) is 58.4 Å². The highest BCUT2D eigenvalue weighted by Crippen LogP contribution is 2.36. The van der Waals surface area contributed by atoms with Crippen molar-refractivity contribution < 1.29 is 18.0 Å². The van der Waals surface area contributed by atoms with Crippen LogP contribution in [0, 0.1) is 18.3 Å². The highest BCUT2D eigenvalue weighted by molar-refractivity contribution is 7.20. The van der Waals surface area contributed by atoms with Crippen molar-refractivity contribution in [3.63, 3.8) is 0 Å². The van der Waals surface area contributed by atoms with Crippen LogP contribution >= 0.6 is 11.3 Å². The summed E-state index contributed by atoms with van der Waals surface area (Å²) >= 11 is 0.854. The molecule has 0 aliphatic carbocycles. The summed E-state index contributed by atoms with van der Waals surface area (Å²) in [6.45, 7) is 1.63. The number of para-hydroxylation sites is 2. The zero-order chi connectivity index (χ0) is 20.1. The molecule has 5 nitrogen and oxygen atoms in total. The van der Waals surface area contributed by atoms with Gasteiger partial charge >= 0.3 is 6.18 Å². The number of halogens is 3. The third kappa shape index (κ3) is 2.92. The zero-order valence-corrected chi connectivity index (χ0v) is 15.1. The smallest absolute Gasteiger partial charge is 0.340 e. The fourth-order valence-corrected chi connectivity index (χ4v) is 4.13. The second-order valence-corrected chi connectivity index (χ2v) is 7.17.